The molecule has 1 aliphatic carbocycles. The van der Waals surface area contributed by atoms with E-state index in [-0.39, 0.29) is 5.41 Å². The van der Waals surface area contributed by atoms with E-state index in [1.807, 2.05) is 0 Å². The second kappa shape index (κ2) is 5.17. The van der Waals surface area contributed by atoms with Gasteiger partial charge in [-0.25, -0.2) is 4.98 Å². The fourth-order valence-electron chi connectivity index (χ4n) is 3.17. The van der Waals surface area contributed by atoms with E-state index >= 15 is 0 Å². The normalized spacial score (nSPS) is 18.4. The van der Waals surface area contributed by atoms with Crippen molar-refractivity contribution in [2.24, 2.45) is 5.73 Å². The van der Waals surface area contributed by atoms with Crippen LogP contribution >= 0.6 is 0 Å². The summed E-state index contributed by atoms with van der Waals surface area (Å²) in [6.07, 6.45) is 9.62. The Morgan fingerprint density at radius 1 is 1.11 bits per heavy atom. The summed E-state index contributed by atoms with van der Waals surface area (Å²) in [5.41, 5.74) is 8.65. The van der Waals surface area contributed by atoms with Gasteiger partial charge in [-0.05, 0) is 30.5 Å². The van der Waals surface area contributed by atoms with Crippen molar-refractivity contribution in [1.82, 2.24) is 4.98 Å². The van der Waals surface area contributed by atoms with Gasteiger partial charge in [0.15, 0.2) is 0 Å². The van der Waals surface area contributed by atoms with Crippen LogP contribution in [0.2, 0.25) is 0 Å². The summed E-state index contributed by atoms with van der Waals surface area (Å²) < 4.78 is 5.32. The van der Waals surface area contributed by atoms with Crippen LogP contribution in [0.1, 0.15) is 37.7 Å². The minimum Gasteiger partial charge on any atom is -0.445 e. The van der Waals surface area contributed by atoms with E-state index in [2.05, 4.69) is 29.2 Å². The Kier molecular flexibility index (Phi) is 3.38. The van der Waals surface area contributed by atoms with Crippen molar-refractivity contribution in [2.75, 3.05) is 6.54 Å². The van der Waals surface area contributed by atoms with Crippen LogP contribution in [0, 0.1) is 0 Å². The molecule has 2 N–H and O–H groups in total. The van der Waals surface area contributed by atoms with E-state index in [9.17, 15) is 0 Å². The number of hydrogen-bond donors (Lipinski definition) is 1. The number of hydrogen-bond acceptors (Lipinski definition) is 3. The maximum absolute atomic E-state index is 6.07. The molecule has 0 saturated heterocycles. The number of rotatable bonds is 3. The third-order valence-electron chi connectivity index (χ3n) is 4.38. The summed E-state index contributed by atoms with van der Waals surface area (Å²) in [5, 5.41) is 0. The fraction of sp³-hybridized carbons (Fsp3) is 0.438. The average molecular weight is 256 g/mol. The van der Waals surface area contributed by atoms with Crippen molar-refractivity contribution in [1.29, 1.82) is 0 Å². The Bertz CT molecular complexity index is 510. The lowest BCUT2D eigenvalue weighted by molar-refractivity contribution is 0.301. The molecule has 1 aliphatic rings. The highest BCUT2D eigenvalue weighted by atomic mass is 16.3. The second-order valence-corrected chi connectivity index (χ2v) is 5.46. The molecule has 3 heteroatoms. The quantitative estimate of drug-likeness (QED) is 0.914. The molecule has 0 atom stereocenters. The van der Waals surface area contributed by atoms with Crippen LogP contribution in [0.3, 0.4) is 0 Å². The molecule has 0 aliphatic heterocycles. The van der Waals surface area contributed by atoms with Gasteiger partial charge in [0.2, 0.25) is 5.89 Å². The smallest absolute Gasteiger partial charge is 0.225 e. The third kappa shape index (κ3) is 2.30. The average Bonchev–Trinajstić information content (AvgIpc) is 3.02. The predicted octanol–water partition coefficient (Wildman–Crippen LogP) is 3.50. The molecule has 1 fully saturated rings. The first-order valence-corrected chi connectivity index (χ1v) is 7.05. The molecule has 0 amide bonds. The predicted molar refractivity (Wildman–Crippen MR) is 75.8 cm³/mol. The molecule has 1 aromatic carbocycles. The first-order valence-electron chi connectivity index (χ1n) is 7.05. The van der Waals surface area contributed by atoms with Gasteiger partial charge in [0, 0.05) is 17.5 Å². The van der Waals surface area contributed by atoms with E-state index in [4.69, 9.17) is 10.2 Å². The third-order valence-corrected chi connectivity index (χ3v) is 4.38. The minimum absolute atomic E-state index is 0.188. The zero-order chi connectivity index (χ0) is 13.1. The highest BCUT2D eigenvalue weighted by Crippen LogP contribution is 2.39. The summed E-state index contributed by atoms with van der Waals surface area (Å²) in [5.74, 6) is 0.678. The van der Waals surface area contributed by atoms with Crippen molar-refractivity contribution in [3.63, 3.8) is 0 Å². The summed E-state index contributed by atoms with van der Waals surface area (Å²) in [6, 6.07) is 8.57. The number of oxazole rings is 1. The van der Waals surface area contributed by atoms with Crippen LogP contribution in [0.5, 0.6) is 0 Å². The molecule has 0 bridgehead atoms. The van der Waals surface area contributed by atoms with E-state index in [0.29, 0.717) is 5.89 Å². The fourth-order valence-corrected chi connectivity index (χ4v) is 3.17. The lowest BCUT2D eigenvalue weighted by atomic mass is 9.69. The van der Waals surface area contributed by atoms with Gasteiger partial charge < -0.3 is 10.2 Å². The maximum atomic E-state index is 6.07. The highest BCUT2D eigenvalue weighted by Gasteiger charge is 2.32. The summed E-state index contributed by atoms with van der Waals surface area (Å²) in [6.45, 7) is 0.741. The Labute approximate surface area is 113 Å². The lowest BCUT2D eigenvalue weighted by Crippen LogP contribution is -2.37. The van der Waals surface area contributed by atoms with Gasteiger partial charge in [0.1, 0.15) is 6.26 Å². The van der Waals surface area contributed by atoms with E-state index in [0.717, 1.165) is 12.1 Å². The van der Waals surface area contributed by atoms with E-state index in [1.54, 1.807) is 12.5 Å². The van der Waals surface area contributed by atoms with Crippen molar-refractivity contribution in [3.05, 3.63) is 42.3 Å². The molecule has 2 aromatic rings. The van der Waals surface area contributed by atoms with Gasteiger partial charge in [-0.2, -0.15) is 0 Å². The zero-order valence-corrected chi connectivity index (χ0v) is 11.1. The zero-order valence-electron chi connectivity index (χ0n) is 11.1. The molecule has 0 spiro atoms. The molecule has 100 valence electrons. The molecule has 0 radical (unpaired) electrons. The summed E-state index contributed by atoms with van der Waals surface area (Å²) in [4.78, 5) is 4.17. The topological polar surface area (TPSA) is 52.0 Å². The molecule has 3 rings (SSSR count). The molecule has 1 heterocycles. The van der Waals surface area contributed by atoms with Crippen LogP contribution in [0.15, 0.2) is 41.1 Å². The molecular formula is C16H20N2O. The van der Waals surface area contributed by atoms with Crippen LogP contribution in [-0.4, -0.2) is 11.5 Å². The van der Waals surface area contributed by atoms with Gasteiger partial charge in [-0.1, -0.05) is 31.4 Å². The highest BCUT2D eigenvalue weighted by molar-refractivity contribution is 5.54. The van der Waals surface area contributed by atoms with Gasteiger partial charge in [0.05, 0.1) is 6.20 Å². The Balaban J connectivity index is 1.89. The largest absolute Gasteiger partial charge is 0.445 e. The monoisotopic (exact) mass is 256 g/mol. The van der Waals surface area contributed by atoms with Gasteiger partial charge >= 0.3 is 0 Å². The van der Waals surface area contributed by atoms with Crippen molar-refractivity contribution in [3.8, 4) is 11.5 Å². The van der Waals surface area contributed by atoms with Crippen LogP contribution in [-0.2, 0) is 5.41 Å². The molecular weight excluding hydrogens is 236 g/mol. The van der Waals surface area contributed by atoms with Crippen molar-refractivity contribution < 1.29 is 4.42 Å². The number of nitrogens with two attached hydrogens (primary N) is 1. The van der Waals surface area contributed by atoms with Crippen LogP contribution in [0.25, 0.3) is 11.5 Å². The molecule has 0 unspecified atom stereocenters. The summed E-state index contributed by atoms with van der Waals surface area (Å²) in [7, 11) is 0. The first kappa shape index (κ1) is 12.4. The Hall–Kier alpha value is -1.61. The Morgan fingerprint density at radius 2 is 1.84 bits per heavy atom. The molecule has 3 nitrogen and oxygen atoms in total. The minimum atomic E-state index is 0.188. The van der Waals surface area contributed by atoms with Gasteiger partial charge in [0.25, 0.3) is 0 Å². The maximum Gasteiger partial charge on any atom is 0.225 e. The number of aromatic nitrogens is 1. The standard InChI is InChI=1S/C16H20N2O/c17-12-16(8-2-1-3-9-16)14-6-4-13(5-7-14)15-18-10-11-19-15/h4-7,10-11H,1-3,8-9,12,17H2. The first-order chi connectivity index (χ1) is 9.34. The number of nitrogens with zero attached hydrogens (tertiary/aromatic N) is 1. The van der Waals surface area contributed by atoms with E-state index < -0.39 is 0 Å². The second-order valence-electron chi connectivity index (χ2n) is 5.46. The SMILES string of the molecule is NCC1(c2ccc(-c3ncco3)cc2)CCCCC1. The lowest BCUT2D eigenvalue weighted by Gasteiger charge is -2.36. The molecule has 1 saturated carbocycles. The van der Waals surface area contributed by atoms with Crippen LogP contribution in [0.4, 0.5) is 0 Å². The number of benzene rings is 1. The molecule has 19 heavy (non-hydrogen) atoms. The van der Waals surface area contributed by atoms with Gasteiger partial charge in [-0.15, -0.1) is 0 Å². The summed E-state index contributed by atoms with van der Waals surface area (Å²) >= 11 is 0. The van der Waals surface area contributed by atoms with E-state index in [1.165, 1.54) is 37.7 Å². The van der Waals surface area contributed by atoms with Crippen molar-refractivity contribution in [2.45, 2.75) is 37.5 Å². The van der Waals surface area contributed by atoms with Crippen LogP contribution < -0.4 is 5.73 Å². The Morgan fingerprint density at radius 3 is 2.42 bits per heavy atom. The van der Waals surface area contributed by atoms with Gasteiger partial charge in [-0.3, -0.25) is 0 Å². The molecule has 1 aromatic heterocycles. The van der Waals surface area contributed by atoms with Crippen molar-refractivity contribution >= 4 is 0 Å².